The molecule has 2 amide bonds. The summed E-state index contributed by atoms with van der Waals surface area (Å²) in [7, 11) is -1.40. The van der Waals surface area contributed by atoms with Gasteiger partial charge in [-0.2, -0.15) is 5.10 Å². The van der Waals surface area contributed by atoms with Crippen LogP contribution in [0.1, 0.15) is 37.7 Å². The molecule has 0 N–H and O–H groups in total. The largest absolute Gasteiger partial charge is 0.342 e. The minimum atomic E-state index is -3.33. The first kappa shape index (κ1) is 27.3. The topological polar surface area (TPSA) is 108 Å². The van der Waals surface area contributed by atoms with Crippen LogP contribution in [0.3, 0.4) is 0 Å². The second-order valence-electron chi connectivity index (χ2n) is 12.4. The number of nitrogens with zero attached hydrogens (tertiary/aromatic N) is 6. The van der Waals surface area contributed by atoms with Crippen molar-refractivity contribution in [1.29, 1.82) is 0 Å². The van der Waals surface area contributed by atoms with Crippen LogP contribution in [-0.4, -0.2) is 94.5 Å². The van der Waals surface area contributed by atoms with Crippen molar-refractivity contribution in [3.05, 3.63) is 54.2 Å². The van der Waals surface area contributed by atoms with E-state index in [1.807, 2.05) is 39.9 Å². The molecular weight excluding hydrogens is 552 g/mol. The Labute approximate surface area is 246 Å². The molecule has 7 rings (SSSR count). The van der Waals surface area contributed by atoms with Gasteiger partial charge in [0.25, 0.3) is 5.91 Å². The fourth-order valence-corrected chi connectivity index (χ4v) is 7.59. The highest BCUT2D eigenvalue weighted by Gasteiger charge is 2.51. The van der Waals surface area contributed by atoms with Crippen molar-refractivity contribution in [2.45, 2.75) is 37.6 Å². The van der Waals surface area contributed by atoms with Crippen LogP contribution in [0.15, 0.2) is 53.7 Å². The number of rotatable bonds is 6. The van der Waals surface area contributed by atoms with E-state index in [9.17, 15) is 18.0 Å². The summed E-state index contributed by atoms with van der Waals surface area (Å²) in [4.78, 5) is 35.7. The number of amidine groups is 1. The standard InChI is InChI=1S/C31H36N6O4S/c1-34-27-10-9-25(17-26(27)18-32-34)22-3-5-23(6-4-22)28-33-31(12-15-36(16-13-31)42(2,40)41)30(39)37(28)20-21-11-14-35(19-21)29(38)24-7-8-24/h3-6,9-10,17-18,21,24H,7-8,11-16,19-20H2,1-2H3/t21-/m1/s1. The molecule has 4 aliphatic rings. The molecule has 2 saturated heterocycles. The summed E-state index contributed by atoms with van der Waals surface area (Å²) >= 11 is 0. The Bertz CT molecular complexity index is 1700. The molecule has 42 heavy (non-hydrogen) atoms. The number of aliphatic imine (C=N–C) groups is 1. The van der Waals surface area contributed by atoms with Crippen molar-refractivity contribution in [2.24, 2.45) is 23.9 Å². The van der Waals surface area contributed by atoms with Gasteiger partial charge in [-0.3, -0.25) is 24.2 Å². The summed E-state index contributed by atoms with van der Waals surface area (Å²) in [6.07, 6.45) is 6.63. The van der Waals surface area contributed by atoms with Crippen molar-refractivity contribution in [3.8, 4) is 11.1 Å². The summed E-state index contributed by atoms with van der Waals surface area (Å²) in [6.45, 7) is 2.45. The van der Waals surface area contributed by atoms with Crippen LogP contribution in [-0.2, 0) is 26.7 Å². The number of benzene rings is 2. The van der Waals surface area contributed by atoms with Gasteiger partial charge >= 0.3 is 0 Å². The van der Waals surface area contributed by atoms with E-state index in [4.69, 9.17) is 4.99 Å². The van der Waals surface area contributed by atoms with Crippen LogP contribution in [0.5, 0.6) is 0 Å². The first-order valence-electron chi connectivity index (χ1n) is 14.8. The third-order valence-corrected chi connectivity index (χ3v) is 10.7. The molecule has 4 heterocycles. The fraction of sp³-hybridized carbons (Fsp3) is 0.484. The normalized spacial score (nSPS) is 22.9. The van der Waals surface area contributed by atoms with Gasteiger partial charge in [-0.25, -0.2) is 12.7 Å². The van der Waals surface area contributed by atoms with Crippen LogP contribution in [0.25, 0.3) is 22.0 Å². The zero-order valence-corrected chi connectivity index (χ0v) is 24.9. The Balaban J connectivity index is 1.16. The van der Waals surface area contributed by atoms with Gasteiger partial charge in [0, 0.05) is 56.6 Å². The fourth-order valence-electron chi connectivity index (χ4n) is 6.74. The van der Waals surface area contributed by atoms with E-state index in [0.29, 0.717) is 31.8 Å². The first-order chi connectivity index (χ1) is 20.1. The number of likely N-dealkylation sites (tertiary alicyclic amines) is 1. The number of amides is 2. The molecule has 1 aromatic heterocycles. The lowest BCUT2D eigenvalue weighted by atomic mass is 9.88. The number of aryl methyl sites for hydroxylation is 1. The van der Waals surface area contributed by atoms with Crippen LogP contribution < -0.4 is 0 Å². The van der Waals surface area contributed by atoms with Crippen molar-refractivity contribution in [3.63, 3.8) is 0 Å². The van der Waals surface area contributed by atoms with Gasteiger partial charge in [-0.05, 0) is 61.3 Å². The lowest BCUT2D eigenvalue weighted by molar-refractivity contribution is -0.132. The number of carbonyl (C=O) groups excluding carboxylic acids is 2. The molecule has 3 aliphatic heterocycles. The Morgan fingerprint density at radius 1 is 0.976 bits per heavy atom. The van der Waals surface area contributed by atoms with Crippen molar-refractivity contribution < 1.29 is 18.0 Å². The molecule has 1 atom stereocenters. The van der Waals surface area contributed by atoms with Crippen LogP contribution in [0.2, 0.25) is 0 Å². The maximum Gasteiger partial charge on any atom is 0.256 e. The Morgan fingerprint density at radius 2 is 1.67 bits per heavy atom. The summed E-state index contributed by atoms with van der Waals surface area (Å²) < 4.78 is 27.6. The van der Waals surface area contributed by atoms with E-state index < -0.39 is 15.6 Å². The van der Waals surface area contributed by atoms with E-state index in [0.717, 1.165) is 53.4 Å². The lowest BCUT2D eigenvalue weighted by Gasteiger charge is -2.35. The Hall–Kier alpha value is -3.57. The first-order valence-corrected chi connectivity index (χ1v) is 16.6. The number of hydrogen-bond acceptors (Lipinski definition) is 6. The molecule has 0 unspecified atom stereocenters. The van der Waals surface area contributed by atoms with Gasteiger partial charge in [0.2, 0.25) is 15.9 Å². The molecule has 220 valence electrons. The zero-order chi connectivity index (χ0) is 29.2. The van der Waals surface area contributed by atoms with Crippen LogP contribution >= 0.6 is 0 Å². The summed E-state index contributed by atoms with van der Waals surface area (Å²) in [5, 5.41) is 5.42. The minimum Gasteiger partial charge on any atom is -0.342 e. The molecule has 1 saturated carbocycles. The Morgan fingerprint density at radius 3 is 2.36 bits per heavy atom. The average molecular weight is 589 g/mol. The summed E-state index contributed by atoms with van der Waals surface area (Å²) in [5.74, 6) is 1.22. The van der Waals surface area contributed by atoms with Gasteiger partial charge < -0.3 is 4.90 Å². The van der Waals surface area contributed by atoms with Crippen LogP contribution in [0, 0.1) is 11.8 Å². The molecule has 2 aromatic carbocycles. The molecule has 0 bridgehead atoms. The van der Waals surface area contributed by atoms with E-state index in [2.05, 4.69) is 35.4 Å². The highest BCUT2D eigenvalue weighted by Crippen LogP contribution is 2.38. The predicted molar refractivity (Wildman–Crippen MR) is 160 cm³/mol. The maximum atomic E-state index is 14.1. The second kappa shape index (κ2) is 10.0. The number of sulfonamides is 1. The molecule has 1 aliphatic carbocycles. The minimum absolute atomic E-state index is 0.0521. The number of carbonyl (C=O) groups is 2. The molecule has 1 spiro atoms. The van der Waals surface area contributed by atoms with E-state index in [1.165, 1.54) is 10.6 Å². The van der Waals surface area contributed by atoms with Crippen LogP contribution in [0.4, 0.5) is 0 Å². The number of piperidine rings is 1. The van der Waals surface area contributed by atoms with Gasteiger partial charge in [0.15, 0.2) is 0 Å². The number of hydrogen-bond donors (Lipinski definition) is 0. The average Bonchev–Trinajstić information content (AvgIpc) is 3.54. The molecule has 10 nitrogen and oxygen atoms in total. The maximum absolute atomic E-state index is 14.1. The summed E-state index contributed by atoms with van der Waals surface area (Å²) in [6, 6.07) is 14.4. The van der Waals surface area contributed by atoms with E-state index in [-0.39, 0.29) is 36.7 Å². The second-order valence-corrected chi connectivity index (χ2v) is 14.4. The van der Waals surface area contributed by atoms with Gasteiger partial charge in [-0.15, -0.1) is 0 Å². The van der Waals surface area contributed by atoms with Crippen molar-refractivity contribution in [2.75, 3.05) is 39.0 Å². The zero-order valence-electron chi connectivity index (χ0n) is 24.1. The third kappa shape index (κ3) is 4.82. The highest BCUT2D eigenvalue weighted by atomic mass is 32.2. The van der Waals surface area contributed by atoms with E-state index in [1.54, 1.807) is 0 Å². The quantitative estimate of drug-likeness (QED) is 0.440. The van der Waals surface area contributed by atoms with Crippen molar-refractivity contribution >= 4 is 38.6 Å². The smallest absolute Gasteiger partial charge is 0.256 e. The number of fused-ring (bicyclic) bond motifs is 1. The Kier molecular flexibility index (Phi) is 6.50. The molecule has 11 heteroatoms. The molecular formula is C31H36N6O4S. The van der Waals surface area contributed by atoms with Crippen molar-refractivity contribution in [1.82, 2.24) is 23.9 Å². The highest BCUT2D eigenvalue weighted by molar-refractivity contribution is 7.88. The monoisotopic (exact) mass is 588 g/mol. The predicted octanol–water partition coefficient (Wildman–Crippen LogP) is 2.88. The molecule has 0 radical (unpaired) electrons. The van der Waals surface area contributed by atoms with Gasteiger partial charge in [-0.1, -0.05) is 30.3 Å². The van der Waals surface area contributed by atoms with Gasteiger partial charge in [0.05, 0.1) is 18.0 Å². The number of aromatic nitrogens is 2. The molecule has 3 aromatic rings. The lowest BCUT2D eigenvalue weighted by Crippen LogP contribution is -2.51. The third-order valence-electron chi connectivity index (χ3n) is 9.42. The molecule has 3 fully saturated rings. The SMILES string of the molecule is Cn1ncc2cc(-c3ccc(C4=NC5(CCN(S(C)(=O)=O)CC5)C(=O)N4C[C@@H]4CCN(C(=O)C5CC5)C4)cc3)ccc21. The summed E-state index contributed by atoms with van der Waals surface area (Å²) in [5.41, 5.74) is 3.12. The van der Waals surface area contributed by atoms with E-state index >= 15 is 0 Å². The van der Waals surface area contributed by atoms with Gasteiger partial charge in [0.1, 0.15) is 11.4 Å².